The number of fused-ring (bicyclic) bond motifs is 1. The second-order valence-corrected chi connectivity index (χ2v) is 6.19. The third-order valence-corrected chi connectivity index (χ3v) is 4.24. The molecule has 1 aliphatic rings. The number of carbonyl (C=O) groups is 1. The zero-order valence-electron chi connectivity index (χ0n) is 12.1. The minimum atomic E-state index is -4.39. The predicted octanol–water partition coefficient (Wildman–Crippen LogP) is 2.68. The van der Waals surface area contributed by atoms with E-state index < -0.39 is 23.4 Å². The van der Waals surface area contributed by atoms with Gasteiger partial charge in [0.1, 0.15) is 12.0 Å². The van der Waals surface area contributed by atoms with Crippen molar-refractivity contribution in [2.75, 3.05) is 0 Å². The fourth-order valence-corrected chi connectivity index (χ4v) is 3.09. The lowest BCUT2D eigenvalue weighted by atomic mass is 9.88. The molecule has 2 heterocycles. The molecule has 1 aliphatic heterocycles. The number of carboxylic acid groups (broad SMARTS) is 1. The first-order chi connectivity index (χ1) is 11.3. The van der Waals surface area contributed by atoms with E-state index in [1.165, 1.54) is 28.9 Å². The number of rotatable bonds is 3. The van der Waals surface area contributed by atoms with Crippen LogP contribution in [0.2, 0.25) is 0 Å². The van der Waals surface area contributed by atoms with E-state index in [9.17, 15) is 23.1 Å². The van der Waals surface area contributed by atoms with Gasteiger partial charge in [0, 0.05) is 10.6 Å². The Hall–Kier alpha value is -2.43. The summed E-state index contributed by atoms with van der Waals surface area (Å²) >= 11 is -0.236. The normalized spacial score (nSPS) is 20.4. The van der Waals surface area contributed by atoms with Crippen molar-refractivity contribution < 1.29 is 23.1 Å². The lowest BCUT2D eigenvalue weighted by Crippen LogP contribution is -2.35. The summed E-state index contributed by atoms with van der Waals surface area (Å²) in [6.07, 6.45) is 0. The van der Waals surface area contributed by atoms with Crippen LogP contribution in [0.3, 0.4) is 0 Å². The fourth-order valence-electron chi connectivity index (χ4n) is 2.55. The summed E-state index contributed by atoms with van der Waals surface area (Å²) in [7, 11) is 0. The molecular formula is C13H10F3N5O2S. The monoisotopic (exact) mass is 357 g/mol. The van der Waals surface area contributed by atoms with Gasteiger partial charge in [-0.3, -0.25) is 4.79 Å². The van der Waals surface area contributed by atoms with Gasteiger partial charge in [-0.2, -0.15) is 13.2 Å². The number of benzene rings is 1. The van der Waals surface area contributed by atoms with Gasteiger partial charge in [-0.05, 0) is 46.8 Å². The molecule has 0 saturated heterocycles. The number of aliphatic imine (C=N–C) groups is 1. The molecule has 126 valence electrons. The number of nitrogens with zero attached hydrogens (tertiary/aromatic N) is 5. The molecule has 2 atom stereocenters. The maximum Gasteiger partial charge on any atom is 0.446 e. The summed E-state index contributed by atoms with van der Waals surface area (Å²) in [6.45, 7) is 1.55. The van der Waals surface area contributed by atoms with Crippen molar-refractivity contribution in [2.24, 2.45) is 10.9 Å². The lowest BCUT2D eigenvalue weighted by molar-refractivity contribution is -0.140. The molecule has 0 saturated carbocycles. The highest BCUT2D eigenvalue weighted by atomic mass is 32.2. The Bertz CT molecular complexity index is 803. The number of thioether (sulfide) groups is 1. The van der Waals surface area contributed by atoms with E-state index in [2.05, 4.69) is 20.5 Å². The topological polar surface area (TPSA) is 93.3 Å². The molecule has 0 radical (unpaired) electrons. The summed E-state index contributed by atoms with van der Waals surface area (Å²) in [5, 5.41) is 20.5. The highest BCUT2D eigenvalue weighted by molar-refractivity contribution is 8.00. The molecule has 2 aromatic rings. The Balaban J connectivity index is 2.00. The van der Waals surface area contributed by atoms with Crippen LogP contribution in [-0.2, 0) is 4.79 Å². The summed E-state index contributed by atoms with van der Waals surface area (Å²) in [4.78, 5) is 15.7. The Morgan fingerprint density at radius 3 is 2.54 bits per heavy atom. The Kier molecular flexibility index (Phi) is 4.03. The van der Waals surface area contributed by atoms with Crippen molar-refractivity contribution in [3.8, 4) is 0 Å². The standard InChI is InChI=1S/C13H10F3N5O2S/c1-6-9(11(22)23)10(21-12(17-6)18-19-20-21)7-2-4-8(5-3-7)24-13(14,15)16/h2-5,9-10H,1H3,(H,22,23). The quantitative estimate of drug-likeness (QED) is 0.849. The van der Waals surface area contributed by atoms with Crippen molar-refractivity contribution >= 4 is 29.4 Å². The van der Waals surface area contributed by atoms with E-state index in [-0.39, 0.29) is 22.6 Å². The van der Waals surface area contributed by atoms with Gasteiger partial charge >= 0.3 is 11.5 Å². The largest absolute Gasteiger partial charge is 0.481 e. The van der Waals surface area contributed by atoms with Crippen LogP contribution in [0, 0.1) is 5.92 Å². The average Bonchev–Trinajstić information content (AvgIpc) is 2.92. The smallest absolute Gasteiger partial charge is 0.446 e. The summed E-state index contributed by atoms with van der Waals surface area (Å²) in [6, 6.07) is 4.68. The molecule has 3 rings (SSSR count). The maximum absolute atomic E-state index is 12.4. The van der Waals surface area contributed by atoms with Crippen LogP contribution in [0.1, 0.15) is 18.5 Å². The lowest BCUT2D eigenvalue weighted by Gasteiger charge is -2.27. The number of aliphatic carboxylic acids is 1. The molecule has 11 heteroatoms. The Morgan fingerprint density at radius 1 is 1.29 bits per heavy atom. The van der Waals surface area contributed by atoms with Gasteiger partial charge in [0.2, 0.25) is 0 Å². The maximum atomic E-state index is 12.4. The molecule has 0 aliphatic carbocycles. The first-order valence-electron chi connectivity index (χ1n) is 6.68. The van der Waals surface area contributed by atoms with E-state index in [0.29, 0.717) is 11.3 Å². The Morgan fingerprint density at radius 2 is 1.96 bits per heavy atom. The highest BCUT2D eigenvalue weighted by Gasteiger charge is 2.39. The van der Waals surface area contributed by atoms with Crippen LogP contribution in [-0.4, -0.2) is 42.5 Å². The van der Waals surface area contributed by atoms with E-state index in [1.54, 1.807) is 6.92 Å². The number of hydrogen-bond donors (Lipinski definition) is 1. The van der Waals surface area contributed by atoms with Crippen LogP contribution < -0.4 is 0 Å². The van der Waals surface area contributed by atoms with Gasteiger partial charge in [-0.15, -0.1) is 0 Å². The van der Waals surface area contributed by atoms with Crippen molar-refractivity contribution in [1.29, 1.82) is 0 Å². The molecule has 7 nitrogen and oxygen atoms in total. The van der Waals surface area contributed by atoms with Crippen LogP contribution in [0.25, 0.3) is 0 Å². The van der Waals surface area contributed by atoms with Gasteiger partial charge < -0.3 is 5.11 Å². The third kappa shape index (κ3) is 3.11. The molecule has 1 aromatic carbocycles. The zero-order chi connectivity index (χ0) is 17.5. The number of carboxylic acids is 1. The fraction of sp³-hybridized carbons (Fsp3) is 0.308. The average molecular weight is 357 g/mol. The van der Waals surface area contributed by atoms with Gasteiger partial charge in [0.25, 0.3) is 5.95 Å². The highest BCUT2D eigenvalue weighted by Crippen LogP contribution is 2.39. The third-order valence-electron chi connectivity index (χ3n) is 3.50. The van der Waals surface area contributed by atoms with Gasteiger partial charge in [0.05, 0.1) is 0 Å². The van der Waals surface area contributed by atoms with Gasteiger partial charge in [-0.1, -0.05) is 17.2 Å². The number of alkyl halides is 3. The first-order valence-corrected chi connectivity index (χ1v) is 7.49. The van der Waals surface area contributed by atoms with Crippen LogP contribution >= 0.6 is 11.8 Å². The molecule has 0 amide bonds. The van der Waals surface area contributed by atoms with E-state index in [4.69, 9.17) is 0 Å². The van der Waals surface area contributed by atoms with Crippen LogP contribution in [0.5, 0.6) is 0 Å². The number of halogens is 3. The van der Waals surface area contributed by atoms with E-state index in [0.717, 1.165) is 0 Å². The molecule has 1 N–H and O–H groups in total. The minimum Gasteiger partial charge on any atom is -0.481 e. The first kappa shape index (κ1) is 16.4. The molecule has 0 bridgehead atoms. The van der Waals surface area contributed by atoms with Crippen molar-refractivity contribution in [2.45, 2.75) is 23.4 Å². The summed E-state index contributed by atoms with van der Waals surface area (Å²) in [5.41, 5.74) is -3.58. The zero-order valence-corrected chi connectivity index (χ0v) is 12.9. The number of aromatic nitrogens is 4. The summed E-state index contributed by atoms with van der Waals surface area (Å²) in [5.74, 6) is -1.97. The second-order valence-electron chi connectivity index (χ2n) is 5.05. The van der Waals surface area contributed by atoms with Crippen molar-refractivity contribution in [3.63, 3.8) is 0 Å². The van der Waals surface area contributed by atoms with Crippen molar-refractivity contribution in [1.82, 2.24) is 20.2 Å². The molecule has 1 aromatic heterocycles. The van der Waals surface area contributed by atoms with E-state index in [1.807, 2.05) is 0 Å². The molecule has 2 unspecified atom stereocenters. The van der Waals surface area contributed by atoms with Gasteiger partial charge in [-0.25, -0.2) is 9.67 Å². The van der Waals surface area contributed by atoms with E-state index >= 15 is 0 Å². The minimum absolute atomic E-state index is 0.0104. The Labute approximate surface area is 137 Å². The SMILES string of the molecule is CC1=Nc2nnnn2C(c2ccc(SC(F)(F)F)cc2)C1C(=O)O. The van der Waals surface area contributed by atoms with Gasteiger partial charge in [0.15, 0.2) is 0 Å². The summed E-state index contributed by atoms with van der Waals surface area (Å²) < 4.78 is 38.5. The molecular weight excluding hydrogens is 347 g/mol. The van der Waals surface area contributed by atoms with Crippen LogP contribution in [0.4, 0.5) is 19.1 Å². The van der Waals surface area contributed by atoms with Crippen molar-refractivity contribution in [3.05, 3.63) is 29.8 Å². The predicted molar refractivity (Wildman–Crippen MR) is 78.2 cm³/mol. The molecule has 24 heavy (non-hydrogen) atoms. The molecule has 0 spiro atoms. The number of hydrogen-bond acceptors (Lipinski definition) is 6. The second kappa shape index (κ2) is 5.89. The van der Waals surface area contributed by atoms with Crippen LogP contribution in [0.15, 0.2) is 34.2 Å². The molecule has 0 fully saturated rings. The number of tetrazole rings is 1.